The molecule has 116 valence electrons. The molecule has 0 atom stereocenters. The molecular formula is C17H27N3O. The molecule has 1 saturated carbocycles. The first-order valence-corrected chi connectivity index (χ1v) is 7.94. The fraction of sp³-hybridized carbons (Fsp3) is 0.588. The fourth-order valence-corrected chi connectivity index (χ4v) is 2.68. The highest BCUT2D eigenvalue weighted by atomic mass is 16.5. The average Bonchev–Trinajstić information content (AvgIpc) is 2.51. The minimum atomic E-state index is 0.572. The summed E-state index contributed by atoms with van der Waals surface area (Å²) in [4.78, 5) is 4.28. The normalized spacial score (nSPS) is 16.6. The van der Waals surface area contributed by atoms with Gasteiger partial charge in [-0.15, -0.1) is 0 Å². The summed E-state index contributed by atoms with van der Waals surface area (Å²) in [5.74, 6) is 1.81. The van der Waals surface area contributed by atoms with Crippen molar-refractivity contribution in [2.24, 2.45) is 4.99 Å². The maximum atomic E-state index is 5.73. The molecule has 0 aromatic heterocycles. The SMILES string of the molecule is CN=C(NCCOc1cccc(C)c1)NC1CCCCC1. The second-order valence-corrected chi connectivity index (χ2v) is 5.64. The molecule has 2 N–H and O–H groups in total. The molecule has 21 heavy (non-hydrogen) atoms. The second-order valence-electron chi connectivity index (χ2n) is 5.64. The van der Waals surface area contributed by atoms with Gasteiger partial charge in [0.1, 0.15) is 12.4 Å². The highest BCUT2D eigenvalue weighted by molar-refractivity contribution is 5.79. The summed E-state index contributed by atoms with van der Waals surface area (Å²) in [5.41, 5.74) is 1.22. The molecule has 1 aromatic rings. The zero-order valence-corrected chi connectivity index (χ0v) is 13.2. The number of hydrogen-bond acceptors (Lipinski definition) is 2. The average molecular weight is 289 g/mol. The van der Waals surface area contributed by atoms with Gasteiger partial charge in [-0.05, 0) is 37.5 Å². The van der Waals surface area contributed by atoms with E-state index < -0.39 is 0 Å². The predicted molar refractivity (Wildman–Crippen MR) is 88.0 cm³/mol. The van der Waals surface area contributed by atoms with Gasteiger partial charge in [0.25, 0.3) is 0 Å². The van der Waals surface area contributed by atoms with E-state index in [4.69, 9.17) is 4.74 Å². The number of aliphatic imine (C=N–C) groups is 1. The summed E-state index contributed by atoms with van der Waals surface area (Å²) in [6, 6.07) is 8.70. The fourth-order valence-electron chi connectivity index (χ4n) is 2.68. The summed E-state index contributed by atoms with van der Waals surface area (Å²) in [6.45, 7) is 3.45. The number of hydrogen-bond donors (Lipinski definition) is 2. The van der Waals surface area contributed by atoms with Gasteiger partial charge < -0.3 is 15.4 Å². The Labute approximate surface area is 128 Å². The van der Waals surface area contributed by atoms with E-state index in [0.29, 0.717) is 12.6 Å². The molecule has 0 saturated heterocycles. The summed E-state index contributed by atoms with van der Waals surface area (Å²) >= 11 is 0. The smallest absolute Gasteiger partial charge is 0.191 e. The Balaban J connectivity index is 1.66. The van der Waals surface area contributed by atoms with E-state index in [1.807, 2.05) is 19.2 Å². The minimum Gasteiger partial charge on any atom is -0.492 e. The van der Waals surface area contributed by atoms with E-state index in [0.717, 1.165) is 18.3 Å². The molecule has 1 aromatic carbocycles. The lowest BCUT2D eigenvalue weighted by molar-refractivity contribution is 0.321. The van der Waals surface area contributed by atoms with Crippen molar-refractivity contribution in [3.05, 3.63) is 29.8 Å². The van der Waals surface area contributed by atoms with Crippen molar-refractivity contribution in [3.63, 3.8) is 0 Å². The van der Waals surface area contributed by atoms with E-state index in [-0.39, 0.29) is 0 Å². The van der Waals surface area contributed by atoms with Gasteiger partial charge in [-0.2, -0.15) is 0 Å². The molecule has 0 bridgehead atoms. The van der Waals surface area contributed by atoms with Gasteiger partial charge in [-0.3, -0.25) is 4.99 Å². The maximum absolute atomic E-state index is 5.73. The predicted octanol–water partition coefficient (Wildman–Crippen LogP) is 2.87. The topological polar surface area (TPSA) is 45.7 Å². The van der Waals surface area contributed by atoms with Crippen molar-refractivity contribution in [1.29, 1.82) is 0 Å². The zero-order chi connectivity index (χ0) is 14.9. The van der Waals surface area contributed by atoms with E-state index in [2.05, 4.69) is 34.7 Å². The van der Waals surface area contributed by atoms with Crippen LogP contribution in [0.15, 0.2) is 29.3 Å². The van der Waals surface area contributed by atoms with Crippen LogP contribution >= 0.6 is 0 Å². The van der Waals surface area contributed by atoms with Gasteiger partial charge in [0.05, 0.1) is 6.54 Å². The Bertz CT molecular complexity index is 453. The Hall–Kier alpha value is -1.71. The van der Waals surface area contributed by atoms with Crippen molar-refractivity contribution in [2.75, 3.05) is 20.2 Å². The monoisotopic (exact) mass is 289 g/mol. The number of benzene rings is 1. The molecule has 1 aliphatic rings. The summed E-state index contributed by atoms with van der Waals surface area (Å²) in [7, 11) is 1.82. The zero-order valence-electron chi connectivity index (χ0n) is 13.2. The summed E-state index contributed by atoms with van der Waals surface area (Å²) < 4.78 is 5.73. The molecule has 0 heterocycles. The van der Waals surface area contributed by atoms with Gasteiger partial charge in [-0.1, -0.05) is 31.4 Å². The highest BCUT2D eigenvalue weighted by Gasteiger charge is 2.14. The molecule has 0 amide bonds. The molecule has 0 aliphatic heterocycles. The van der Waals surface area contributed by atoms with Crippen molar-refractivity contribution in [3.8, 4) is 5.75 Å². The lowest BCUT2D eigenvalue weighted by Crippen LogP contribution is -2.45. The lowest BCUT2D eigenvalue weighted by Gasteiger charge is -2.24. The van der Waals surface area contributed by atoms with Crippen LogP contribution in [-0.4, -0.2) is 32.2 Å². The number of aryl methyl sites for hydroxylation is 1. The highest BCUT2D eigenvalue weighted by Crippen LogP contribution is 2.17. The first kappa shape index (κ1) is 15.7. The van der Waals surface area contributed by atoms with Crippen LogP contribution in [0.4, 0.5) is 0 Å². The van der Waals surface area contributed by atoms with Crippen LogP contribution in [0.3, 0.4) is 0 Å². The van der Waals surface area contributed by atoms with Crippen LogP contribution < -0.4 is 15.4 Å². The van der Waals surface area contributed by atoms with Crippen LogP contribution in [0.25, 0.3) is 0 Å². The largest absolute Gasteiger partial charge is 0.492 e. The van der Waals surface area contributed by atoms with Crippen LogP contribution in [0.1, 0.15) is 37.7 Å². The van der Waals surface area contributed by atoms with E-state index in [1.54, 1.807) is 0 Å². The van der Waals surface area contributed by atoms with Crippen molar-refractivity contribution in [1.82, 2.24) is 10.6 Å². The quantitative estimate of drug-likeness (QED) is 0.498. The van der Waals surface area contributed by atoms with Crippen molar-refractivity contribution in [2.45, 2.75) is 45.1 Å². The van der Waals surface area contributed by atoms with Crippen molar-refractivity contribution < 1.29 is 4.74 Å². The van der Waals surface area contributed by atoms with Gasteiger partial charge in [0, 0.05) is 13.1 Å². The Morgan fingerprint density at radius 2 is 2.10 bits per heavy atom. The standard InChI is InChI=1S/C17H27N3O/c1-14-7-6-10-16(13-14)21-12-11-19-17(18-2)20-15-8-4-3-5-9-15/h6-7,10,13,15H,3-5,8-9,11-12H2,1-2H3,(H2,18,19,20). The number of rotatable bonds is 5. The van der Waals surface area contributed by atoms with Gasteiger partial charge in [-0.25, -0.2) is 0 Å². The Kier molecular flexibility index (Phi) is 6.38. The first-order valence-electron chi connectivity index (χ1n) is 7.94. The molecule has 0 spiro atoms. The van der Waals surface area contributed by atoms with E-state index in [9.17, 15) is 0 Å². The molecule has 0 unspecified atom stereocenters. The van der Waals surface area contributed by atoms with Gasteiger partial charge in [0.15, 0.2) is 5.96 Å². The first-order chi connectivity index (χ1) is 10.3. The van der Waals surface area contributed by atoms with Crippen LogP contribution in [0.5, 0.6) is 5.75 Å². The van der Waals surface area contributed by atoms with E-state index in [1.165, 1.54) is 37.7 Å². The Morgan fingerprint density at radius 3 is 2.81 bits per heavy atom. The van der Waals surface area contributed by atoms with Gasteiger partial charge >= 0.3 is 0 Å². The molecule has 1 fully saturated rings. The maximum Gasteiger partial charge on any atom is 0.191 e. The van der Waals surface area contributed by atoms with Crippen LogP contribution in [0.2, 0.25) is 0 Å². The third kappa shape index (κ3) is 5.66. The minimum absolute atomic E-state index is 0.572. The lowest BCUT2D eigenvalue weighted by atomic mass is 9.96. The molecule has 2 rings (SSSR count). The number of guanidine groups is 1. The molecule has 1 aliphatic carbocycles. The second kappa shape index (κ2) is 8.55. The Morgan fingerprint density at radius 1 is 1.29 bits per heavy atom. The summed E-state index contributed by atoms with van der Waals surface area (Å²) in [5, 5.41) is 6.81. The van der Waals surface area contributed by atoms with Crippen LogP contribution in [-0.2, 0) is 0 Å². The third-order valence-electron chi connectivity index (χ3n) is 3.82. The third-order valence-corrected chi connectivity index (χ3v) is 3.82. The molecular weight excluding hydrogens is 262 g/mol. The number of nitrogens with one attached hydrogen (secondary N) is 2. The number of ether oxygens (including phenoxy) is 1. The van der Waals surface area contributed by atoms with Crippen LogP contribution in [0, 0.1) is 6.92 Å². The number of nitrogens with zero attached hydrogens (tertiary/aromatic N) is 1. The van der Waals surface area contributed by atoms with Crippen molar-refractivity contribution >= 4 is 5.96 Å². The molecule has 0 radical (unpaired) electrons. The molecule has 4 heteroatoms. The van der Waals surface area contributed by atoms with E-state index >= 15 is 0 Å². The summed E-state index contributed by atoms with van der Waals surface area (Å²) in [6.07, 6.45) is 6.52. The van der Waals surface area contributed by atoms with Gasteiger partial charge in [0.2, 0.25) is 0 Å². The molecule has 4 nitrogen and oxygen atoms in total.